The van der Waals surface area contributed by atoms with E-state index in [1.807, 2.05) is 0 Å². The van der Waals surface area contributed by atoms with Gasteiger partial charge in [-0.05, 0) is 36.1 Å². The summed E-state index contributed by atoms with van der Waals surface area (Å²) in [5.41, 5.74) is 5.51. The van der Waals surface area contributed by atoms with Crippen molar-refractivity contribution in [3.63, 3.8) is 0 Å². The van der Waals surface area contributed by atoms with E-state index in [0.717, 1.165) is 6.42 Å². The van der Waals surface area contributed by atoms with E-state index in [1.54, 1.807) is 0 Å². The highest BCUT2D eigenvalue weighted by Crippen LogP contribution is 2.31. The molecule has 1 atom stereocenters. The van der Waals surface area contributed by atoms with Gasteiger partial charge in [0.2, 0.25) is 0 Å². The summed E-state index contributed by atoms with van der Waals surface area (Å²) in [5, 5.41) is 3.58. The molecule has 1 nitrogen and oxygen atoms in total. The van der Waals surface area contributed by atoms with Gasteiger partial charge < -0.3 is 5.32 Å². The molecule has 1 heterocycles. The lowest BCUT2D eigenvalue weighted by molar-refractivity contribution is 0.881. The summed E-state index contributed by atoms with van der Waals surface area (Å²) in [6.07, 6.45) is 1.03. The van der Waals surface area contributed by atoms with Crippen LogP contribution in [0.2, 0.25) is 0 Å². The number of nitrogens with one attached hydrogen (secondary N) is 1. The fraction of sp³-hybridized carbons (Fsp3) is 0.200. The highest BCUT2D eigenvalue weighted by molar-refractivity contribution is 5.57. The van der Waals surface area contributed by atoms with Crippen molar-refractivity contribution in [1.82, 2.24) is 0 Å². The molecule has 1 N–H and O–H groups in total. The Hall–Kier alpha value is -1.76. The predicted molar refractivity (Wildman–Crippen MR) is 67.7 cm³/mol. The van der Waals surface area contributed by atoms with Crippen LogP contribution in [0.25, 0.3) is 0 Å². The number of rotatable bonds is 0. The van der Waals surface area contributed by atoms with Crippen LogP contribution in [0.5, 0.6) is 0 Å². The second-order valence-electron chi connectivity index (χ2n) is 4.40. The molecule has 1 aliphatic rings. The van der Waals surface area contributed by atoms with Gasteiger partial charge >= 0.3 is 0 Å². The van der Waals surface area contributed by atoms with Crippen molar-refractivity contribution in [2.24, 2.45) is 0 Å². The number of hydrogen-bond donors (Lipinski definition) is 1. The van der Waals surface area contributed by atoms with E-state index in [0.29, 0.717) is 6.04 Å². The number of anilines is 1. The molecule has 0 aromatic heterocycles. The Labute approximate surface area is 96.1 Å². The summed E-state index contributed by atoms with van der Waals surface area (Å²) in [6, 6.07) is 17.7. The summed E-state index contributed by atoms with van der Waals surface area (Å²) >= 11 is 0. The van der Waals surface area contributed by atoms with Gasteiger partial charge in [-0.1, -0.05) is 42.5 Å². The molecular weight excluding hydrogens is 194 g/mol. The zero-order valence-electron chi connectivity index (χ0n) is 9.40. The van der Waals surface area contributed by atoms with Gasteiger partial charge in [0.25, 0.3) is 0 Å². The van der Waals surface area contributed by atoms with Crippen LogP contribution in [-0.2, 0) is 6.42 Å². The smallest absolute Gasteiger partial charge is 0.0488 e. The summed E-state index contributed by atoms with van der Waals surface area (Å²) in [6.45, 7) is 2.22. The fourth-order valence-electron chi connectivity index (χ4n) is 2.45. The SMILES string of the molecule is CC1Nc2ccccc2Cc2ccccc21. The van der Waals surface area contributed by atoms with Gasteiger partial charge in [-0.2, -0.15) is 0 Å². The summed E-state index contributed by atoms with van der Waals surface area (Å²) in [4.78, 5) is 0. The third kappa shape index (κ3) is 1.49. The van der Waals surface area contributed by atoms with Crippen molar-refractivity contribution < 1.29 is 0 Å². The van der Waals surface area contributed by atoms with Crippen molar-refractivity contribution in [2.45, 2.75) is 19.4 Å². The third-order valence-corrected chi connectivity index (χ3v) is 3.29. The van der Waals surface area contributed by atoms with Gasteiger partial charge in [-0.3, -0.25) is 0 Å². The molecule has 0 radical (unpaired) electrons. The number of fused-ring (bicyclic) bond motifs is 2. The quantitative estimate of drug-likeness (QED) is 0.696. The lowest BCUT2D eigenvalue weighted by atomic mass is 9.98. The molecule has 1 aliphatic heterocycles. The molecule has 0 aliphatic carbocycles. The summed E-state index contributed by atoms with van der Waals surface area (Å²) < 4.78 is 0. The molecule has 80 valence electrons. The van der Waals surface area contributed by atoms with Crippen molar-refractivity contribution in [3.05, 3.63) is 65.2 Å². The predicted octanol–water partition coefficient (Wildman–Crippen LogP) is 3.76. The molecular formula is C15H15N. The highest BCUT2D eigenvalue weighted by atomic mass is 14.9. The third-order valence-electron chi connectivity index (χ3n) is 3.29. The molecule has 0 saturated carbocycles. The van der Waals surface area contributed by atoms with E-state index >= 15 is 0 Å². The maximum absolute atomic E-state index is 3.58. The molecule has 0 saturated heterocycles. The van der Waals surface area contributed by atoms with Gasteiger partial charge in [-0.25, -0.2) is 0 Å². The molecule has 3 rings (SSSR count). The Morgan fingerprint density at radius 2 is 1.62 bits per heavy atom. The lowest BCUT2D eigenvalue weighted by Crippen LogP contribution is -2.06. The standard InChI is InChI=1S/C15H15N/c1-11-14-8-4-2-6-12(14)10-13-7-3-5-9-15(13)16-11/h2-9,11,16H,10H2,1H3. The van der Waals surface area contributed by atoms with E-state index in [9.17, 15) is 0 Å². The van der Waals surface area contributed by atoms with Gasteiger partial charge in [0, 0.05) is 11.7 Å². The van der Waals surface area contributed by atoms with Crippen LogP contribution in [0.15, 0.2) is 48.5 Å². The molecule has 16 heavy (non-hydrogen) atoms. The number of hydrogen-bond acceptors (Lipinski definition) is 1. The van der Waals surface area contributed by atoms with Crippen LogP contribution in [0.1, 0.15) is 29.7 Å². The largest absolute Gasteiger partial charge is 0.378 e. The molecule has 1 heteroatoms. The van der Waals surface area contributed by atoms with Crippen LogP contribution in [0, 0.1) is 0 Å². The number of benzene rings is 2. The minimum absolute atomic E-state index is 0.389. The highest BCUT2D eigenvalue weighted by Gasteiger charge is 2.16. The molecule has 2 aromatic rings. The topological polar surface area (TPSA) is 12.0 Å². The van der Waals surface area contributed by atoms with Gasteiger partial charge in [0.15, 0.2) is 0 Å². The Balaban J connectivity index is 2.15. The molecule has 0 fully saturated rings. The first-order chi connectivity index (χ1) is 7.84. The minimum atomic E-state index is 0.389. The Kier molecular flexibility index (Phi) is 2.17. The second kappa shape index (κ2) is 3.67. The molecule has 0 amide bonds. The van der Waals surface area contributed by atoms with Crippen molar-refractivity contribution in [2.75, 3.05) is 5.32 Å². The Morgan fingerprint density at radius 1 is 0.938 bits per heavy atom. The summed E-state index contributed by atoms with van der Waals surface area (Å²) in [5.74, 6) is 0. The Bertz CT molecular complexity index is 516. The van der Waals surface area contributed by atoms with E-state index < -0.39 is 0 Å². The Morgan fingerprint density at radius 3 is 2.50 bits per heavy atom. The van der Waals surface area contributed by atoms with Crippen LogP contribution in [0.4, 0.5) is 5.69 Å². The van der Waals surface area contributed by atoms with Gasteiger partial charge in [0.05, 0.1) is 0 Å². The van der Waals surface area contributed by atoms with Crippen LogP contribution in [0.3, 0.4) is 0 Å². The van der Waals surface area contributed by atoms with Gasteiger partial charge in [-0.15, -0.1) is 0 Å². The van der Waals surface area contributed by atoms with E-state index in [2.05, 4.69) is 60.8 Å². The lowest BCUT2D eigenvalue weighted by Gasteiger charge is -2.15. The van der Waals surface area contributed by atoms with E-state index in [4.69, 9.17) is 0 Å². The van der Waals surface area contributed by atoms with E-state index in [-0.39, 0.29) is 0 Å². The number of para-hydroxylation sites is 1. The zero-order chi connectivity index (χ0) is 11.0. The molecule has 2 aromatic carbocycles. The van der Waals surface area contributed by atoms with Crippen LogP contribution < -0.4 is 5.32 Å². The van der Waals surface area contributed by atoms with Gasteiger partial charge in [0.1, 0.15) is 0 Å². The van der Waals surface area contributed by atoms with Crippen molar-refractivity contribution in [1.29, 1.82) is 0 Å². The molecule has 0 spiro atoms. The van der Waals surface area contributed by atoms with E-state index in [1.165, 1.54) is 22.4 Å². The van der Waals surface area contributed by atoms with Crippen LogP contribution in [-0.4, -0.2) is 0 Å². The van der Waals surface area contributed by atoms with Crippen LogP contribution >= 0.6 is 0 Å². The van der Waals surface area contributed by atoms with Crippen molar-refractivity contribution in [3.8, 4) is 0 Å². The maximum atomic E-state index is 3.58. The first-order valence-electron chi connectivity index (χ1n) is 5.77. The normalized spacial score (nSPS) is 17.9. The average molecular weight is 209 g/mol. The minimum Gasteiger partial charge on any atom is -0.378 e. The maximum Gasteiger partial charge on any atom is 0.0488 e. The summed E-state index contributed by atoms with van der Waals surface area (Å²) in [7, 11) is 0. The molecule has 0 bridgehead atoms. The average Bonchev–Trinajstić information content (AvgIpc) is 2.45. The first kappa shape index (κ1) is 9.46. The fourth-order valence-corrected chi connectivity index (χ4v) is 2.45. The first-order valence-corrected chi connectivity index (χ1v) is 5.77. The molecule has 1 unspecified atom stereocenters. The zero-order valence-corrected chi connectivity index (χ0v) is 9.40. The van der Waals surface area contributed by atoms with Crippen molar-refractivity contribution >= 4 is 5.69 Å². The monoisotopic (exact) mass is 209 g/mol. The second-order valence-corrected chi connectivity index (χ2v) is 4.40.